The average molecular weight is 459 g/mol. The molecule has 2 aromatic rings. The zero-order valence-electron chi connectivity index (χ0n) is 14.2. The third kappa shape index (κ3) is 4.59. The Hall–Kier alpha value is -1.71. The number of benzene rings is 1. The molecular formula is C18H17BrF2N2O3S. The smallest absolute Gasteiger partial charge is 0.243 e. The lowest BCUT2D eigenvalue weighted by Gasteiger charge is -2.22. The molecule has 144 valence electrons. The van der Waals surface area contributed by atoms with Crippen LogP contribution in [0.2, 0.25) is 0 Å². The van der Waals surface area contributed by atoms with E-state index in [1.54, 1.807) is 12.4 Å². The van der Waals surface area contributed by atoms with Gasteiger partial charge in [0.1, 0.15) is 12.0 Å². The van der Waals surface area contributed by atoms with Crippen molar-refractivity contribution in [3.63, 3.8) is 0 Å². The highest BCUT2D eigenvalue weighted by Crippen LogP contribution is 2.29. The fourth-order valence-electron chi connectivity index (χ4n) is 3.08. The van der Waals surface area contributed by atoms with Crippen LogP contribution in [-0.4, -0.2) is 42.2 Å². The van der Waals surface area contributed by atoms with Crippen LogP contribution in [0.5, 0.6) is 0 Å². The van der Waals surface area contributed by atoms with Crippen LogP contribution < -0.4 is 0 Å². The van der Waals surface area contributed by atoms with Crippen molar-refractivity contribution in [3.8, 4) is 0 Å². The number of nitrogens with zero attached hydrogens (tertiary/aromatic N) is 2. The largest absolute Gasteiger partial charge is 0.298 e. The molecule has 1 aromatic heterocycles. The number of hydrogen-bond acceptors (Lipinski definition) is 4. The molecule has 0 spiro atoms. The van der Waals surface area contributed by atoms with Crippen LogP contribution in [0.25, 0.3) is 0 Å². The molecule has 1 aromatic carbocycles. The number of halogens is 3. The zero-order chi connectivity index (χ0) is 19.6. The van der Waals surface area contributed by atoms with Crippen LogP contribution in [0, 0.1) is 5.82 Å². The average Bonchev–Trinajstić information content (AvgIpc) is 3.03. The van der Waals surface area contributed by atoms with Gasteiger partial charge in [-0.2, -0.15) is 4.31 Å². The highest BCUT2D eigenvalue weighted by atomic mass is 79.9. The molecule has 2 heterocycles. The number of sulfonamides is 1. The number of rotatable bonds is 6. The Morgan fingerprint density at radius 2 is 1.96 bits per heavy atom. The molecule has 0 N–H and O–H groups in total. The lowest BCUT2D eigenvalue weighted by Crippen LogP contribution is -2.40. The number of pyridine rings is 1. The number of carbonyl (C=O) groups excluding carboxylic acids is 1. The van der Waals surface area contributed by atoms with Crippen molar-refractivity contribution < 1.29 is 22.0 Å². The molecular weight excluding hydrogens is 442 g/mol. The van der Waals surface area contributed by atoms with Crippen molar-refractivity contribution >= 4 is 31.7 Å². The molecule has 0 amide bonds. The third-order valence-electron chi connectivity index (χ3n) is 4.42. The van der Waals surface area contributed by atoms with Gasteiger partial charge in [-0.25, -0.2) is 17.2 Å². The van der Waals surface area contributed by atoms with Gasteiger partial charge in [0.25, 0.3) is 0 Å². The normalized spacial score (nSPS) is 20.7. The first-order chi connectivity index (χ1) is 12.8. The summed E-state index contributed by atoms with van der Waals surface area (Å²) in [6.07, 6.45) is 2.11. The summed E-state index contributed by atoms with van der Waals surface area (Å²) in [4.78, 5) is 16.5. The van der Waals surface area contributed by atoms with Crippen molar-refractivity contribution in [1.82, 2.24) is 9.29 Å². The van der Waals surface area contributed by atoms with E-state index in [4.69, 9.17) is 0 Å². The van der Waals surface area contributed by atoms with Gasteiger partial charge in [0.15, 0.2) is 5.78 Å². The van der Waals surface area contributed by atoms with Crippen LogP contribution in [0.1, 0.15) is 18.4 Å². The molecule has 1 saturated heterocycles. The first kappa shape index (κ1) is 20.0. The highest BCUT2D eigenvalue weighted by Gasteiger charge is 2.43. The molecule has 5 nitrogen and oxygen atoms in total. The maximum absolute atomic E-state index is 14.0. The molecule has 0 aliphatic carbocycles. The van der Waals surface area contributed by atoms with Gasteiger partial charge in [0.05, 0.1) is 10.9 Å². The van der Waals surface area contributed by atoms with Gasteiger partial charge in [-0.05, 0) is 58.2 Å². The van der Waals surface area contributed by atoms with E-state index in [0.717, 1.165) is 38.6 Å². The maximum Gasteiger partial charge on any atom is 0.243 e. The quantitative estimate of drug-likeness (QED) is 0.665. The predicted octanol–water partition coefficient (Wildman–Crippen LogP) is 3.29. The lowest BCUT2D eigenvalue weighted by molar-refractivity contribution is -0.122. The van der Waals surface area contributed by atoms with Crippen molar-refractivity contribution in [2.45, 2.75) is 36.4 Å². The van der Waals surface area contributed by atoms with Crippen molar-refractivity contribution in [2.24, 2.45) is 0 Å². The van der Waals surface area contributed by atoms with E-state index >= 15 is 0 Å². The van der Waals surface area contributed by atoms with Crippen LogP contribution >= 0.6 is 15.9 Å². The summed E-state index contributed by atoms with van der Waals surface area (Å²) in [5.74, 6) is -0.921. The van der Waals surface area contributed by atoms with E-state index in [9.17, 15) is 22.0 Å². The Bertz CT molecular complexity index is 938. The van der Waals surface area contributed by atoms with Crippen LogP contribution in [0.3, 0.4) is 0 Å². The summed E-state index contributed by atoms with van der Waals surface area (Å²) < 4.78 is 54.3. The minimum atomic E-state index is -4.09. The molecule has 1 fully saturated rings. The van der Waals surface area contributed by atoms with Gasteiger partial charge in [-0.1, -0.05) is 0 Å². The number of aryl methyl sites for hydroxylation is 1. The van der Waals surface area contributed by atoms with E-state index in [-0.39, 0.29) is 30.1 Å². The van der Waals surface area contributed by atoms with Crippen molar-refractivity contribution in [1.29, 1.82) is 0 Å². The zero-order valence-corrected chi connectivity index (χ0v) is 16.6. The Kier molecular flexibility index (Phi) is 6.02. The van der Waals surface area contributed by atoms with Crippen molar-refractivity contribution in [2.75, 3.05) is 6.54 Å². The molecule has 1 aliphatic heterocycles. The monoisotopic (exact) mass is 458 g/mol. The lowest BCUT2D eigenvalue weighted by atomic mass is 10.0. The molecule has 3 rings (SSSR count). The Morgan fingerprint density at radius 1 is 1.26 bits per heavy atom. The fraction of sp³-hybridized carbons (Fsp3) is 0.333. The Labute approximate surface area is 164 Å². The summed E-state index contributed by atoms with van der Waals surface area (Å²) in [6.45, 7) is -0.380. The number of aromatic nitrogens is 1. The number of hydrogen-bond donors (Lipinski definition) is 0. The number of carbonyl (C=O) groups is 1. The molecule has 0 saturated carbocycles. The standard InChI is InChI=1S/C18H17BrF2N2O3S/c19-13-7-12(9-22-10-13)1-6-18(24)17-8-15(21)11-23(17)27(25,26)16-4-2-14(20)3-5-16/h2-5,7,9-10,15,17H,1,6,8,11H2/t15-,17+/m1/s1. The van der Waals surface area contributed by atoms with Gasteiger partial charge in [0, 0.05) is 36.3 Å². The van der Waals surface area contributed by atoms with Gasteiger partial charge in [-0.3, -0.25) is 9.78 Å². The summed E-state index contributed by atoms with van der Waals surface area (Å²) in [5, 5.41) is 0. The second-order valence-corrected chi connectivity index (χ2v) is 9.16. The van der Waals surface area contributed by atoms with E-state index in [1.807, 2.05) is 6.07 Å². The summed E-state index contributed by atoms with van der Waals surface area (Å²) >= 11 is 3.30. The second kappa shape index (κ2) is 8.12. The molecule has 9 heteroatoms. The van der Waals surface area contributed by atoms with Gasteiger partial charge >= 0.3 is 0 Å². The van der Waals surface area contributed by atoms with Crippen LogP contribution in [0.4, 0.5) is 8.78 Å². The van der Waals surface area contributed by atoms with Gasteiger partial charge in [-0.15, -0.1) is 0 Å². The minimum Gasteiger partial charge on any atom is -0.298 e. The molecule has 0 bridgehead atoms. The minimum absolute atomic E-state index is 0.0744. The highest BCUT2D eigenvalue weighted by molar-refractivity contribution is 9.10. The molecule has 1 aliphatic rings. The van der Waals surface area contributed by atoms with Gasteiger partial charge in [0.2, 0.25) is 10.0 Å². The Morgan fingerprint density at radius 3 is 2.63 bits per heavy atom. The first-order valence-electron chi connectivity index (χ1n) is 8.31. The van der Waals surface area contributed by atoms with Gasteiger partial charge < -0.3 is 0 Å². The predicted molar refractivity (Wildman–Crippen MR) is 98.9 cm³/mol. The van der Waals surface area contributed by atoms with Crippen LogP contribution in [0.15, 0.2) is 52.1 Å². The number of ketones is 1. The molecule has 0 radical (unpaired) electrons. The molecule has 0 unspecified atom stereocenters. The fourth-order valence-corrected chi connectivity index (χ4v) is 5.14. The first-order valence-corrected chi connectivity index (χ1v) is 10.5. The molecule has 27 heavy (non-hydrogen) atoms. The second-order valence-electron chi connectivity index (χ2n) is 6.36. The maximum atomic E-state index is 14.0. The SMILES string of the molecule is O=C(CCc1cncc(Br)c1)[C@@H]1C[C@@H](F)CN1S(=O)(=O)c1ccc(F)cc1. The number of Topliss-reactive ketones (excluding diaryl/α,β-unsaturated/α-hetero) is 1. The summed E-state index contributed by atoms with van der Waals surface area (Å²) in [6, 6.07) is 5.03. The molecule has 2 atom stereocenters. The topological polar surface area (TPSA) is 67.3 Å². The third-order valence-corrected chi connectivity index (χ3v) is 6.74. The van der Waals surface area contributed by atoms with Crippen LogP contribution in [-0.2, 0) is 21.2 Å². The number of alkyl halides is 1. The van der Waals surface area contributed by atoms with Crippen molar-refractivity contribution in [3.05, 3.63) is 58.6 Å². The summed E-state index contributed by atoms with van der Waals surface area (Å²) in [7, 11) is -4.09. The Balaban J connectivity index is 1.77. The summed E-state index contributed by atoms with van der Waals surface area (Å²) in [5.41, 5.74) is 0.820. The van der Waals surface area contributed by atoms with E-state index in [0.29, 0.717) is 6.42 Å². The van der Waals surface area contributed by atoms with E-state index < -0.39 is 28.1 Å². The van der Waals surface area contributed by atoms with E-state index in [1.165, 1.54) is 0 Å². The van der Waals surface area contributed by atoms with E-state index in [2.05, 4.69) is 20.9 Å².